The molecule has 0 N–H and O–H groups in total. The fourth-order valence-electron chi connectivity index (χ4n) is 3.43. The van der Waals surface area contributed by atoms with E-state index in [1.807, 2.05) is 43.0 Å². The van der Waals surface area contributed by atoms with Gasteiger partial charge in [-0.1, -0.05) is 53.2 Å². The lowest BCUT2D eigenvalue weighted by Crippen LogP contribution is -2.27. The van der Waals surface area contributed by atoms with Gasteiger partial charge in [0, 0.05) is 35.4 Å². The molecule has 0 fully saturated rings. The van der Waals surface area contributed by atoms with Crippen LogP contribution in [0.25, 0.3) is 0 Å². The van der Waals surface area contributed by atoms with Crippen LogP contribution >= 0.6 is 11.6 Å². The zero-order valence-electron chi connectivity index (χ0n) is 14.4. The first kappa shape index (κ1) is 16.9. The molecule has 1 atom stereocenters. The first-order valence-corrected chi connectivity index (χ1v) is 9.16. The van der Waals surface area contributed by atoms with Crippen molar-refractivity contribution in [2.75, 3.05) is 0 Å². The highest BCUT2D eigenvalue weighted by Gasteiger charge is 2.26. The Morgan fingerprint density at radius 3 is 2.96 bits per heavy atom. The van der Waals surface area contributed by atoms with E-state index < -0.39 is 0 Å². The summed E-state index contributed by atoms with van der Waals surface area (Å²) in [6, 6.07) is 16.1. The van der Waals surface area contributed by atoms with Crippen LogP contribution in [0.2, 0.25) is 5.02 Å². The lowest BCUT2D eigenvalue weighted by molar-refractivity contribution is 0.128. The number of halogens is 1. The molecule has 2 aromatic carbocycles. The third-order valence-corrected chi connectivity index (χ3v) is 4.95. The number of nitrogens with zero attached hydrogens (tertiary/aromatic N) is 3. The molecular formula is C21H20ClN3O. The largest absolute Gasteiger partial charge is 0.391 e. The molecule has 0 amide bonds. The summed E-state index contributed by atoms with van der Waals surface area (Å²) in [7, 11) is 0. The zero-order chi connectivity index (χ0) is 17.8. The summed E-state index contributed by atoms with van der Waals surface area (Å²) in [6.45, 7) is 1.26. The second-order valence-electron chi connectivity index (χ2n) is 6.53. The Morgan fingerprint density at radius 2 is 2.12 bits per heavy atom. The highest BCUT2D eigenvalue weighted by atomic mass is 35.5. The maximum absolute atomic E-state index is 6.04. The van der Waals surface area contributed by atoms with Crippen molar-refractivity contribution in [3.8, 4) is 0 Å². The minimum absolute atomic E-state index is 0.304. The second kappa shape index (κ2) is 7.75. The van der Waals surface area contributed by atoms with Gasteiger partial charge in [0.1, 0.15) is 6.61 Å². The molecule has 0 aliphatic heterocycles. The van der Waals surface area contributed by atoms with Crippen LogP contribution in [0, 0.1) is 5.92 Å². The van der Waals surface area contributed by atoms with Crippen LogP contribution in [0.5, 0.6) is 0 Å². The molecule has 132 valence electrons. The molecule has 3 aromatic rings. The molecular weight excluding hydrogens is 346 g/mol. The van der Waals surface area contributed by atoms with Crippen molar-refractivity contribution >= 4 is 17.3 Å². The smallest absolute Gasteiger partial charge is 0.142 e. The summed E-state index contributed by atoms with van der Waals surface area (Å²) in [4.78, 5) is 9.87. The van der Waals surface area contributed by atoms with Gasteiger partial charge >= 0.3 is 0 Å². The highest BCUT2D eigenvalue weighted by molar-refractivity contribution is 6.30. The van der Waals surface area contributed by atoms with Crippen molar-refractivity contribution in [2.45, 2.75) is 26.0 Å². The molecule has 0 saturated heterocycles. The molecule has 4 rings (SSSR count). The van der Waals surface area contributed by atoms with Gasteiger partial charge in [-0.3, -0.25) is 0 Å². The van der Waals surface area contributed by atoms with E-state index in [-0.39, 0.29) is 0 Å². The summed E-state index contributed by atoms with van der Waals surface area (Å²) in [5.41, 5.74) is 4.55. The fraction of sp³-hybridized carbons (Fsp3) is 0.238. The van der Waals surface area contributed by atoms with Gasteiger partial charge in [-0.15, -0.1) is 0 Å². The number of fused-ring (bicyclic) bond motifs is 1. The van der Waals surface area contributed by atoms with E-state index >= 15 is 0 Å². The van der Waals surface area contributed by atoms with Gasteiger partial charge < -0.3 is 9.40 Å². The molecule has 4 nitrogen and oxygen atoms in total. The summed E-state index contributed by atoms with van der Waals surface area (Å²) >= 11 is 6.04. The van der Waals surface area contributed by atoms with E-state index in [0.717, 1.165) is 30.7 Å². The van der Waals surface area contributed by atoms with Crippen LogP contribution in [0.1, 0.15) is 23.1 Å². The standard InChI is InChI=1S/C21H20ClN3O/c22-19-6-3-4-16(12-19)14-26-24-21-18(13-25-11-10-23-15-25)9-8-17-5-1-2-7-20(17)21/h1-7,10-12,15,18H,8-9,13-14H2/b24-21+. The molecule has 1 aliphatic rings. The van der Waals surface area contributed by atoms with Gasteiger partial charge in [0.25, 0.3) is 0 Å². The third-order valence-electron chi connectivity index (χ3n) is 4.72. The molecule has 26 heavy (non-hydrogen) atoms. The van der Waals surface area contributed by atoms with E-state index in [9.17, 15) is 0 Å². The fourth-order valence-corrected chi connectivity index (χ4v) is 3.64. The predicted molar refractivity (Wildman–Crippen MR) is 103 cm³/mol. The highest BCUT2D eigenvalue weighted by Crippen LogP contribution is 2.28. The Bertz CT molecular complexity index is 905. The average Bonchev–Trinajstić information content (AvgIpc) is 3.16. The topological polar surface area (TPSA) is 39.4 Å². The van der Waals surface area contributed by atoms with Crippen molar-refractivity contribution in [3.05, 3.63) is 89.0 Å². The second-order valence-corrected chi connectivity index (χ2v) is 6.97. The molecule has 1 unspecified atom stereocenters. The van der Waals surface area contributed by atoms with Crippen molar-refractivity contribution in [2.24, 2.45) is 11.1 Å². The van der Waals surface area contributed by atoms with Crippen molar-refractivity contribution in [1.82, 2.24) is 9.55 Å². The number of benzene rings is 2. The number of aromatic nitrogens is 2. The molecule has 0 radical (unpaired) electrons. The summed E-state index contributed by atoms with van der Waals surface area (Å²) in [5, 5.41) is 5.26. The average molecular weight is 366 g/mol. The normalized spacial score (nSPS) is 17.9. The van der Waals surface area contributed by atoms with Gasteiger partial charge in [0.05, 0.1) is 12.0 Å². The molecule has 5 heteroatoms. The van der Waals surface area contributed by atoms with Crippen molar-refractivity contribution < 1.29 is 4.84 Å². The Balaban J connectivity index is 1.57. The molecule has 1 aromatic heterocycles. The number of rotatable bonds is 5. The number of hydrogen-bond donors (Lipinski definition) is 0. The number of oxime groups is 1. The van der Waals surface area contributed by atoms with Gasteiger partial charge in [0.2, 0.25) is 0 Å². The molecule has 1 heterocycles. The van der Waals surface area contributed by atoms with Crippen molar-refractivity contribution in [3.63, 3.8) is 0 Å². The molecule has 0 bridgehead atoms. The van der Waals surface area contributed by atoms with Gasteiger partial charge in [-0.05, 0) is 36.1 Å². The van der Waals surface area contributed by atoms with Crippen LogP contribution in [0.15, 0.2) is 72.4 Å². The van der Waals surface area contributed by atoms with E-state index in [1.165, 1.54) is 11.1 Å². The maximum atomic E-state index is 6.04. The molecule has 1 aliphatic carbocycles. The Kier molecular flexibility index (Phi) is 5.02. The zero-order valence-corrected chi connectivity index (χ0v) is 15.1. The Morgan fingerprint density at radius 1 is 1.19 bits per heavy atom. The van der Waals surface area contributed by atoms with Gasteiger partial charge in [-0.25, -0.2) is 4.98 Å². The minimum atomic E-state index is 0.304. The predicted octanol–water partition coefficient (Wildman–Crippen LogP) is 4.72. The van der Waals surface area contributed by atoms with Crippen LogP contribution in [0.4, 0.5) is 0 Å². The third kappa shape index (κ3) is 3.81. The van der Waals surface area contributed by atoms with Crippen molar-refractivity contribution in [1.29, 1.82) is 0 Å². The lowest BCUT2D eigenvalue weighted by Gasteiger charge is -2.26. The Hall–Kier alpha value is -2.59. The van der Waals surface area contributed by atoms with E-state index in [0.29, 0.717) is 17.5 Å². The number of hydrogen-bond acceptors (Lipinski definition) is 3. The molecule has 0 saturated carbocycles. The van der Waals surface area contributed by atoms with E-state index in [4.69, 9.17) is 16.4 Å². The van der Waals surface area contributed by atoms with Gasteiger partial charge in [-0.2, -0.15) is 0 Å². The van der Waals surface area contributed by atoms with Gasteiger partial charge in [0.15, 0.2) is 0 Å². The summed E-state index contributed by atoms with van der Waals surface area (Å²) in [5.74, 6) is 0.304. The van der Waals surface area contributed by atoms with Crippen LogP contribution in [-0.2, 0) is 24.4 Å². The first-order chi connectivity index (χ1) is 12.8. The quantitative estimate of drug-likeness (QED) is 0.614. The first-order valence-electron chi connectivity index (χ1n) is 8.78. The SMILES string of the molecule is Clc1cccc(CO/N=C2/c3ccccc3CCC2Cn2ccnc2)c1. The number of aryl methyl sites for hydroxylation is 1. The summed E-state index contributed by atoms with van der Waals surface area (Å²) < 4.78 is 2.10. The minimum Gasteiger partial charge on any atom is -0.391 e. The summed E-state index contributed by atoms with van der Waals surface area (Å²) in [6.07, 6.45) is 7.76. The van der Waals surface area contributed by atoms with E-state index in [1.54, 1.807) is 0 Å². The lowest BCUT2D eigenvalue weighted by atomic mass is 9.82. The van der Waals surface area contributed by atoms with Crippen LogP contribution in [-0.4, -0.2) is 15.3 Å². The maximum Gasteiger partial charge on any atom is 0.142 e. The molecule has 0 spiro atoms. The van der Waals surface area contributed by atoms with E-state index in [2.05, 4.69) is 39.0 Å². The van der Waals surface area contributed by atoms with Crippen LogP contribution in [0.3, 0.4) is 0 Å². The monoisotopic (exact) mass is 365 g/mol. The Labute approximate surface area is 158 Å². The van der Waals surface area contributed by atoms with Crippen LogP contribution < -0.4 is 0 Å². The number of imidazole rings is 1.